The van der Waals surface area contributed by atoms with Crippen LogP contribution in [-0.2, 0) is 12.8 Å². The largest absolute Gasteiger partial charge is 0.492 e. The van der Waals surface area contributed by atoms with Crippen LogP contribution >= 0.6 is 0 Å². The van der Waals surface area contributed by atoms with Crippen LogP contribution in [0.5, 0.6) is 5.75 Å². The van der Waals surface area contributed by atoms with Gasteiger partial charge in [0.05, 0.1) is 12.8 Å². The first-order valence-electron chi connectivity index (χ1n) is 9.05. The van der Waals surface area contributed by atoms with Gasteiger partial charge >= 0.3 is 0 Å². The second-order valence-electron chi connectivity index (χ2n) is 6.71. The summed E-state index contributed by atoms with van der Waals surface area (Å²) in [6.07, 6.45) is 6.10. The smallest absolute Gasteiger partial charge is 0.272 e. The number of ether oxygens (including phenoxy) is 1. The highest BCUT2D eigenvalue weighted by atomic mass is 16.5. The molecular formula is C21H24N2O3. The molecule has 2 aromatic rings. The number of aldehydes is 1. The maximum atomic E-state index is 12.7. The molecule has 136 valence electrons. The lowest BCUT2D eigenvalue weighted by atomic mass is 10.1. The van der Waals surface area contributed by atoms with Crippen molar-refractivity contribution in [3.05, 3.63) is 58.9 Å². The molecule has 0 saturated carbocycles. The van der Waals surface area contributed by atoms with Crippen molar-refractivity contribution >= 4 is 12.2 Å². The number of carbonyl (C=O) groups is 2. The Kier molecular flexibility index (Phi) is 5.66. The average Bonchev–Trinajstić information content (AvgIpc) is 3.10. The second-order valence-corrected chi connectivity index (χ2v) is 6.71. The zero-order valence-corrected chi connectivity index (χ0v) is 15.3. The molecular weight excluding hydrogens is 328 g/mol. The van der Waals surface area contributed by atoms with Crippen LogP contribution in [0.25, 0.3) is 0 Å². The van der Waals surface area contributed by atoms with Gasteiger partial charge in [-0.25, -0.2) is 4.98 Å². The molecule has 1 aliphatic rings. The number of nitrogens with zero attached hydrogens (tertiary/aromatic N) is 2. The van der Waals surface area contributed by atoms with Crippen LogP contribution in [0.4, 0.5) is 0 Å². The highest BCUT2D eigenvalue weighted by Gasteiger charge is 2.28. The molecule has 1 aliphatic carbocycles. The molecule has 5 nitrogen and oxygen atoms in total. The number of pyridine rings is 1. The highest BCUT2D eigenvalue weighted by Crippen LogP contribution is 2.26. The topological polar surface area (TPSA) is 59.5 Å². The summed E-state index contributed by atoms with van der Waals surface area (Å²) in [5, 5.41) is 0. The van der Waals surface area contributed by atoms with E-state index in [0.717, 1.165) is 37.5 Å². The summed E-state index contributed by atoms with van der Waals surface area (Å²) in [5.74, 6) is 0.589. The van der Waals surface area contributed by atoms with Crippen LogP contribution in [0, 0.1) is 0 Å². The Morgan fingerprint density at radius 3 is 2.77 bits per heavy atom. The van der Waals surface area contributed by atoms with Gasteiger partial charge in [0.25, 0.3) is 5.91 Å². The number of hydrogen-bond acceptors (Lipinski definition) is 4. The zero-order chi connectivity index (χ0) is 18.5. The lowest BCUT2D eigenvalue weighted by Gasteiger charge is -2.24. The van der Waals surface area contributed by atoms with Crippen molar-refractivity contribution in [3.63, 3.8) is 0 Å². The summed E-state index contributed by atoms with van der Waals surface area (Å²) in [4.78, 5) is 29.7. The third kappa shape index (κ3) is 3.93. The minimum atomic E-state index is -0.0986. The number of fused-ring (bicyclic) bond motifs is 1. The van der Waals surface area contributed by atoms with Gasteiger partial charge in [-0.1, -0.05) is 25.5 Å². The van der Waals surface area contributed by atoms with E-state index < -0.39 is 0 Å². The standard InChI is InChI=1S/C21H24N2O3/c1-3-4-9-26-19-7-8-20(22-13-19)21(25)23(2)18-11-16-6-5-15(14-24)10-17(16)12-18/h5-8,10,13-14,18H,3-4,9,11-12H2,1-2H3/t18-/m1/s1. The van der Waals surface area contributed by atoms with Gasteiger partial charge in [0.15, 0.2) is 0 Å². The molecule has 1 atom stereocenters. The van der Waals surface area contributed by atoms with E-state index >= 15 is 0 Å². The number of hydrogen-bond donors (Lipinski definition) is 0. The first kappa shape index (κ1) is 18.1. The van der Waals surface area contributed by atoms with E-state index in [1.807, 2.05) is 25.2 Å². The van der Waals surface area contributed by atoms with Crippen molar-refractivity contribution in [1.29, 1.82) is 0 Å². The molecule has 0 radical (unpaired) electrons. The van der Waals surface area contributed by atoms with Crippen LogP contribution in [-0.4, -0.2) is 41.8 Å². The monoisotopic (exact) mass is 352 g/mol. The number of amides is 1. The molecule has 0 aliphatic heterocycles. The van der Waals surface area contributed by atoms with Gasteiger partial charge < -0.3 is 9.64 Å². The Bertz CT molecular complexity index is 786. The van der Waals surface area contributed by atoms with E-state index in [1.54, 1.807) is 23.2 Å². The zero-order valence-electron chi connectivity index (χ0n) is 15.3. The number of likely N-dealkylation sites (N-methyl/N-ethyl adjacent to an activating group) is 1. The fraction of sp³-hybridized carbons (Fsp3) is 0.381. The van der Waals surface area contributed by atoms with E-state index in [9.17, 15) is 9.59 Å². The minimum absolute atomic E-state index is 0.0849. The molecule has 1 aromatic carbocycles. The van der Waals surface area contributed by atoms with Crippen LogP contribution < -0.4 is 4.74 Å². The third-order valence-corrected chi connectivity index (χ3v) is 4.87. The summed E-state index contributed by atoms with van der Waals surface area (Å²) in [7, 11) is 1.81. The number of carbonyl (C=O) groups excluding carboxylic acids is 2. The van der Waals surface area contributed by atoms with Crippen molar-refractivity contribution in [2.75, 3.05) is 13.7 Å². The van der Waals surface area contributed by atoms with Gasteiger partial charge in [-0.3, -0.25) is 9.59 Å². The van der Waals surface area contributed by atoms with Crippen molar-refractivity contribution < 1.29 is 14.3 Å². The number of rotatable bonds is 7. The molecule has 26 heavy (non-hydrogen) atoms. The van der Waals surface area contributed by atoms with E-state index in [0.29, 0.717) is 23.6 Å². The third-order valence-electron chi connectivity index (χ3n) is 4.87. The fourth-order valence-corrected chi connectivity index (χ4v) is 3.24. The Balaban J connectivity index is 1.64. The average molecular weight is 352 g/mol. The van der Waals surface area contributed by atoms with Crippen molar-refractivity contribution in [3.8, 4) is 5.75 Å². The molecule has 5 heteroatoms. The molecule has 0 N–H and O–H groups in total. The molecule has 0 unspecified atom stereocenters. The number of unbranched alkanes of at least 4 members (excludes halogenated alkanes) is 1. The van der Waals surface area contributed by atoms with E-state index in [4.69, 9.17) is 4.74 Å². The lowest BCUT2D eigenvalue weighted by Crippen LogP contribution is -2.38. The molecule has 0 fully saturated rings. The first-order chi connectivity index (χ1) is 12.6. The van der Waals surface area contributed by atoms with Crippen molar-refractivity contribution in [2.24, 2.45) is 0 Å². The maximum Gasteiger partial charge on any atom is 0.272 e. The van der Waals surface area contributed by atoms with Gasteiger partial charge in [-0.05, 0) is 48.6 Å². The quantitative estimate of drug-likeness (QED) is 0.567. The van der Waals surface area contributed by atoms with Gasteiger partial charge in [0.1, 0.15) is 17.7 Å². The number of benzene rings is 1. The molecule has 0 spiro atoms. The molecule has 1 amide bonds. The molecule has 0 saturated heterocycles. The summed E-state index contributed by atoms with van der Waals surface area (Å²) in [6.45, 7) is 2.77. The lowest BCUT2D eigenvalue weighted by molar-refractivity contribution is 0.0731. The van der Waals surface area contributed by atoms with Crippen LogP contribution in [0.3, 0.4) is 0 Å². The summed E-state index contributed by atoms with van der Waals surface area (Å²) in [5.41, 5.74) is 3.44. The second kappa shape index (κ2) is 8.13. The summed E-state index contributed by atoms with van der Waals surface area (Å²) in [6, 6.07) is 9.33. The van der Waals surface area contributed by atoms with Crippen molar-refractivity contribution in [2.45, 2.75) is 38.6 Å². The SMILES string of the molecule is CCCCOc1ccc(C(=O)N(C)[C@@H]2Cc3ccc(C=O)cc3C2)nc1. The molecule has 3 rings (SSSR count). The normalized spacial score (nSPS) is 15.4. The summed E-state index contributed by atoms with van der Waals surface area (Å²) >= 11 is 0. The van der Waals surface area contributed by atoms with Crippen LogP contribution in [0.15, 0.2) is 36.5 Å². The summed E-state index contributed by atoms with van der Waals surface area (Å²) < 4.78 is 5.59. The minimum Gasteiger partial charge on any atom is -0.492 e. The van der Waals surface area contributed by atoms with Crippen molar-refractivity contribution in [1.82, 2.24) is 9.88 Å². The predicted molar refractivity (Wildman–Crippen MR) is 99.8 cm³/mol. The Labute approximate surface area is 154 Å². The fourth-order valence-electron chi connectivity index (χ4n) is 3.24. The highest BCUT2D eigenvalue weighted by molar-refractivity contribution is 5.92. The van der Waals surface area contributed by atoms with Gasteiger partial charge in [-0.15, -0.1) is 0 Å². The van der Waals surface area contributed by atoms with Crippen LogP contribution in [0.2, 0.25) is 0 Å². The Hall–Kier alpha value is -2.69. The number of aromatic nitrogens is 1. The Morgan fingerprint density at radius 1 is 1.27 bits per heavy atom. The van der Waals surface area contributed by atoms with E-state index in [2.05, 4.69) is 11.9 Å². The predicted octanol–water partition coefficient (Wildman–Crippen LogP) is 3.31. The van der Waals surface area contributed by atoms with E-state index in [1.165, 1.54) is 5.56 Å². The maximum absolute atomic E-state index is 12.7. The molecule has 1 aromatic heterocycles. The van der Waals surface area contributed by atoms with Gasteiger partial charge in [0.2, 0.25) is 0 Å². The molecule has 1 heterocycles. The van der Waals surface area contributed by atoms with Gasteiger partial charge in [0, 0.05) is 18.7 Å². The first-order valence-corrected chi connectivity index (χ1v) is 9.05. The van der Waals surface area contributed by atoms with E-state index in [-0.39, 0.29) is 11.9 Å². The Morgan fingerprint density at radius 2 is 2.08 bits per heavy atom. The molecule has 0 bridgehead atoms. The van der Waals surface area contributed by atoms with Crippen LogP contribution in [0.1, 0.15) is 51.7 Å². The van der Waals surface area contributed by atoms with Gasteiger partial charge in [-0.2, -0.15) is 0 Å².